The topological polar surface area (TPSA) is 115 Å². The van der Waals surface area contributed by atoms with Gasteiger partial charge in [-0.3, -0.25) is 19.7 Å². The minimum absolute atomic E-state index is 0.0284. The quantitative estimate of drug-likeness (QED) is 0.390. The minimum Gasteiger partial charge on any atom is -0.383 e. The number of carbonyl (C=O) groups excluding carboxylic acids is 2. The lowest BCUT2D eigenvalue weighted by Crippen LogP contribution is -2.39. The van der Waals surface area contributed by atoms with Gasteiger partial charge in [-0.25, -0.2) is 4.98 Å². The maximum Gasteiger partial charge on any atom is 0.269 e. The molecule has 0 aliphatic rings. The van der Waals surface area contributed by atoms with E-state index in [1.165, 1.54) is 47.6 Å². The molecule has 0 saturated carbocycles. The summed E-state index contributed by atoms with van der Waals surface area (Å²) in [6.45, 7) is 2.25. The van der Waals surface area contributed by atoms with Crippen molar-refractivity contribution in [3.63, 3.8) is 0 Å². The number of thiazole rings is 1. The molecule has 1 N–H and O–H groups in total. The molecule has 0 bridgehead atoms. The number of carbonyl (C=O) groups is 2. The zero-order valence-electron chi connectivity index (χ0n) is 15.5. The molecule has 0 radical (unpaired) electrons. The molecule has 2 amide bonds. The van der Waals surface area contributed by atoms with Crippen molar-refractivity contribution in [2.75, 3.05) is 32.1 Å². The normalized spacial score (nSPS) is 10.8. The van der Waals surface area contributed by atoms with Crippen LogP contribution >= 0.6 is 11.3 Å². The fourth-order valence-corrected chi connectivity index (χ4v) is 2.87. The monoisotopic (exact) mass is 404 g/mol. The van der Waals surface area contributed by atoms with Gasteiger partial charge in [0.1, 0.15) is 6.54 Å². The predicted molar refractivity (Wildman–Crippen MR) is 106 cm³/mol. The average molecular weight is 404 g/mol. The van der Waals surface area contributed by atoms with Gasteiger partial charge in [0.15, 0.2) is 5.13 Å². The van der Waals surface area contributed by atoms with E-state index in [-0.39, 0.29) is 37.2 Å². The smallest absolute Gasteiger partial charge is 0.269 e. The van der Waals surface area contributed by atoms with E-state index >= 15 is 0 Å². The molecule has 148 valence electrons. The summed E-state index contributed by atoms with van der Waals surface area (Å²) in [5.41, 5.74) is 0.604. The third-order valence-corrected chi connectivity index (χ3v) is 4.43. The summed E-state index contributed by atoms with van der Waals surface area (Å²) in [6.07, 6.45) is 4.51. The van der Waals surface area contributed by atoms with Crippen LogP contribution in [-0.4, -0.2) is 53.4 Å². The first-order valence-corrected chi connectivity index (χ1v) is 9.13. The van der Waals surface area contributed by atoms with Gasteiger partial charge in [-0.1, -0.05) is 0 Å². The van der Waals surface area contributed by atoms with Crippen LogP contribution in [0.4, 0.5) is 10.8 Å². The van der Waals surface area contributed by atoms with E-state index in [9.17, 15) is 19.7 Å². The SMILES string of the molecule is COCCN(CC(=O)Nc1ncc(C)s1)C(=O)/C=C/c1ccc([N+](=O)[O-])cc1. The highest BCUT2D eigenvalue weighted by molar-refractivity contribution is 7.15. The Kier molecular flexibility index (Phi) is 7.78. The van der Waals surface area contributed by atoms with Gasteiger partial charge in [0, 0.05) is 42.9 Å². The number of nitro benzene ring substituents is 1. The molecule has 2 rings (SSSR count). The van der Waals surface area contributed by atoms with Crippen molar-refractivity contribution < 1.29 is 19.2 Å². The van der Waals surface area contributed by atoms with Gasteiger partial charge >= 0.3 is 0 Å². The van der Waals surface area contributed by atoms with Gasteiger partial charge in [-0.05, 0) is 30.7 Å². The Morgan fingerprint density at radius 2 is 2.07 bits per heavy atom. The van der Waals surface area contributed by atoms with Gasteiger partial charge in [0.25, 0.3) is 5.69 Å². The van der Waals surface area contributed by atoms with Crippen molar-refractivity contribution in [3.8, 4) is 0 Å². The molecule has 1 aromatic carbocycles. The number of hydrogen-bond acceptors (Lipinski definition) is 7. The van der Waals surface area contributed by atoms with E-state index in [0.29, 0.717) is 10.7 Å². The molecule has 1 heterocycles. The lowest BCUT2D eigenvalue weighted by molar-refractivity contribution is -0.384. The molecule has 0 atom stereocenters. The molecule has 1 aromatic heterocycles. The summed E-state index contributed by atoms with van der Waals surface area (Å²) in [7, 11) is 1.51. The first-order valence-electron chi connectivity index (χ1n) is 8.31. The largest absolute Gasteiger partial charge is 0.383 e. The van der Waals surface area contributed by atoms with E-state index in [1.807, 2.05) is 6.92 Å². The number of methoxy groups -OCH3 is 1. The van der Waals surface area contributed by atoms with E-state index in [0.717, 1.165) is 4.88 Å². The van der Waals surface area contributed by atoms with Crippen molar-refractivity contribution in [3.05, 3.63) is 57.1 Å². The summed E-state index contributed by atoms with van der Waals surface area (Å²) in [5.74, 6) is -0.733. The molecule has 2 aromatic rings. The molecule has 9 nitrogen and oxygen atoms in total. The third kappa shape index (κ3) is 6.56. The van der Waals surface area contributed by atoms with Gasteiger partial charge in [0.2, 0.25) is 11.8 Å². The predicted octanol–water partition coefficient (Wildman–Crippen LogP) is 2.49. The number of benzene rings is 1. The summed E-state index contributed by atoms with van der Waals surface area (Å²) >= 11 is 1.35. The van der Waals surface area contributed by atoms with E-state index < -0.39 is 4.92 Å². The summed E-state index contributed by atoms with van der Waals surface area (Å²) in [6, 6.07) is 5.80. The van der Waals surface area contributed by atoms with Crippen molar-refractivity contribution in [2.24, 2.45) is 0 Å². The lowest BCUT2D eigenvalue weighted by atomic mass is 10.2. The van der Waals surface area contributed by atoms with E-state index in [2.05, 4.69) is 10.3 Å². The first-order chi connectivity index (χ1) is 13.4. The van der Waals surface area contributed by atoms with Crippen LogP contribution in [0.5, 0.6) is 0 Å². The highest BCUT2D eigenvalue weighted by Gasteiger charge is 2.16. The number of hydrogen-bond donors (Lipinski definition) is 1. The Hall–Kier alpha value is -3.11. The molecule has 0 fully saturated rings. The van der Waals surface area contributed by atoms with E-state index in [4.69, 9.17) is 4.74 Å². The van der Waals surface area contributed by atoms with Crippen LogP contribution in [0.25, 0.3) is 6.08 Å². The van der Waals surface area contributed by atoms with E-state index in [1.54, 1.807) is 18.3 Å². The molecule has 0 spiro atoms. The number of nitro groups is 1. The third-order valence-electron chi connectivity index (χ3n) is 3.60. The number of rotatable bonds is 9. The van der Waals surface area contributed by atoms with Crippen LogP contribution in [0.15, 0.2) is 36.5 Å². The molecule has 10 heteroatoms. The summed E-state index contributed by atoms with van der Waals surface area (Å²) < 4.78 is 5.00. The lowest BCUT2D eigenvalue weighted by Gasteiger charge is -2.20. The summed E-state index contributed by atoms with van der Waals surface area (Å²) in [5, 5.41) is 13.8. The number of non-ortho nitro benzene ring substituents is 1. The number of anilines is 1. The number of ether oxygens (including phenoxy) is 1. The highest BCUT2D eigenvalue weighted by atomic mass is 32.1. The number of nitrogens with one attached hydrogen (secondary N) is 1. The maximum atomic E-state index is 12.5. The molecule has 0 aliphatic carbocycles. The molecule has 0 aliphatic heterocycles. The Morgan fingerprint density at radius 1 is 1.36 bits per heavy atom. The maximum absolute atomic E-state index is 12.5. The van der Waals surface area contributed by atoms with Crippen molar-refractivity contribution >= 4 is 40.0 Å². The van der Waals surface area contributed by atoms with Crippen molar-refractivity contribution in [2.45, 2.75) is 6.92 Å². The Balaban J connectivity index is 2.00. The zero-order valence-corrected chi connectivity index (χ0v) is 16.3. The van der Waals surface area contributed by atoms with Crippen LogP contribution in [0.1, 0.15) is 10.4 Å². The first kappa shape index (κ1) is 21.2. The van der Waals surface area contributed by atoms with Crippen LogP contribution in [0.3, 0.4) is 0 Å². The zero-order chi connectivity index (χ0) is 20.5. The molecular formula is C18H20N4O5S. The fourth-order valence-electron chi connectivity index (χ4n) is 2.19. The number of aryl methyl sites for hydroxylation is 1. The average Bonchev–Trinajstić information content (AvgIpc) is 3.07. The molecule has 0 unspecified atom stereocenters. The van der Waals surface area contributed by atoms with Gasteiger partial charge in [-0.2, -0.15) is 0 Å². The number of aromatic nitrogens is 1. The number of nitrogens with zero attached hydrogens (tertiary/aromatic N) is 3. The van der Waals surface area contributed by atoms with Crippen LogP contribution < -0.4 is 5.32 Å². The van der Waals surface area contributed by atoms with Gasteiger partial charge < -0.3 is 15.0 Å². The van der Waals surface area contributed by atoms with Crippen LogP contribution in [0.2, 0.25) is 0 Å². The van der Waals surface area contributed by atoms with Gasteiger partial charge in [-0.15, -0.1) is 11.3 Å². The van der Waals surface area contributed by atoms with Crippen molar-refractivity contribution in [1.82, 2.24) is 9.88 Å². The van der Waals surface area contributed by atoms with Gasteiger partial charge in [0.05, 0.1) is 11.5 Å². The minimum atomic E-state index is -0.492. The van der Waals surface area contributed by atoms with Crippen molar-refractivity contribution in [1.29, 1.82) is 0 Å². The Morgan fingerprint density at radius 3 is 2.64 bits per heavy atom. The van der Waals surface area contributed by atoms with Crippen LogP contribution in [0, 0.1) is 17.0 Å². The second-order valence-electron chi connectivity index (χ2n) is 5.76. The molecular weight excluding hydrogens is 384 g/mol. The highest BCUT2D eigenvalue weighted by Crippen LogP contribution is 2.16. The van der Waals surface area contributed by atoms with Crippen LogP contribution in [-0.2, 0) is 14.3 Å². The number of amides is 2. The Bertz CT molecular complexity index is 863. The second-order valence-corrected chi connectivity index (χ2v) is 6.99. The fraction of sp³-hybridized carbons (Fsp3) is 0.278. The second kappa shape index (κ2) is 10.3. The molecule has 28 heavy (non-hydrogen) atoms. The standard InChI is InChI=1S/C18H20N4O5S/c1-13-11-19-18(28-13)20-16(23)12-21(9-10-27-2)17(24)8-5-14-3-6-15(7-4-14)22(25)26/h3-8,11H,9-10,12H2,1-2H3,(H,19,20,23)/b8-5+. The molecule has 0 saturated heterocycles. The Labute approximate surface area is 165 Å². The summed E-state index contributed by atoms with van der Waals surface area (Å²) in [4.78, 5) is 41.2.